The second-order valence-corrected chi connectivity index (χ2v) is 5.58. The van der Waals surface area contributed by atoms with Gasteiger partial charge in [-0.05, 0) is 11.6 Å². The van der Waals surface area contributed by atoms with E-state index in [1.807, 2.05) is 60.9 Å². The topological polar surface area (TPSA) is 35.7 Å². The van der Waals surface area contributed by atoms with Gasteiger partial charge in [-0.25, -0.2) is 9.98 Å². The summed E-state index contributed by atoms with van der Waals surface area (Å²) in [5, 5.41) is 0. The Balaban J connectivity index is 1.78. The van der Waals surface area contributed by atoms with E-state index in [1.165, 1.54) is 0 Å². The highest BCUT2D eigenvalue weighted by atomic mass is 16.5. The van der Waals surface area contributed by atoms with Gasteiger partial charge >= 0.3 is 0 Å². The van der Waals surface area contributed by atoms with E-state index < -0.39 is 0 Å². The van der Waals surface area contributed by atoms with Crippen molar-refractivity contribution >= 4 is 11.7 Å². The van der Waals surface area contributed by atoms with Gasteiger partial charge in [0.2, 0.25) is 5.90 Å². The van der Waals surface area contributed by atoms with E-state index in [4.69, 9.17) is 9.73 Å². The number of nitrogens with one attached hydrogen (secondary N) is 1. The predicted molar refractivity (Wildman–Crippen MR) is 94.2 cm³/mol. The molecule has 1 aliphatic rings. The van der Waals surface area contributed by atoms with Crippen molar-refractivity contribution in [1.82, 2.24) is 0 Å². The number of aliphatic imine (C=N–C) groups is 1. The van der Waals surface area contributed by atoms with Crippen LogP contribution < -0.4 is 4.98 Å². The average molecular weight is 313 g/mol. The van der Waals surface area contributed by atoms with Crippen LogP contribution in [0.2, 0.25) is 0 Å². The van der Waals surface area contributed by atoms with Crippen molar-refractivity contribution < 1.29 is 9.72 Å². The first kappa shape index (κ1) is 14.4. The van der Waals surface area contributed by atoms with E-state index in [9.17, 15) is 0 Å². The summed E-state index contributed by atoms with van der Waals surface area (Å²) >= 11 is 0. The Hall–Kier alpha value is -3.20. The summed E-state index contributed by atoms with van der Waals surface area (Å²) < 4.78 is 6.11. The average Bonchev–Trinajstić information content (AvgIpc) is 2.70. The van der Waals surface area contributed by atoms with Gasteiger partial charge in [-0.1, -0.05) is 60.7 Å². The first-order chi connectivity index (χ1) is 11.9. The molecule has 1 aromatic heterocycles. The molecule has 3 nitrogen and oxygen atoms in total. The number of aromatic nitrogens is 1. The lowest BCUT2D eigenvalue weighted by atomic mass is 10.0. The maximum atomic E-state index is 6.11. The molecule has 1 atom stereocenters. The van der Waals surface area contributed by atoms with Crippen LogP contribution in [0.5, 0.6) is 0 Å². The smallest absolute Gasteiger partial charge is 0.223 e. The molecule has 0 amide bonds. The third kappa shape index (κ3) is 2.97. The van der Waals surface area contributed by atoms with Crippen molar-refractivity contribution in [1.29, 1.82) is 0 Å². The quantitative estimate of drug-likeness (QED) is 0.718. The predicted octanol–water partition coefficient (Wildman–Crippen LogP) is 4.06. The second kappa shape index (κ2) is 6.50. The van der Waals surface area contributed by atoms with Gasteiger partial charge in [-0.3, -0.25) is 0 Å². The van der Waals surface area contributed by atoms with E-state index in [0.29, 0.717) is 5.90 Å². The van der Waals surface area contributed by atoms with Gasteiger partial charge in [0.25, 0.3) is 0 Å². The van der Waals surface area contributed by atoms with Gasteiger partial charge < -0.3 is 4.74 Å². The number of nitrogens with zero attached hydrogens (tertiary/aromatic N) is 1. The number of aromatic amines is 1. The lowest BCUT2D eigenvalue weighted by Gasteiger charge is -2.21. The van der Waals surface area contributed by atoms with Crippen LogP contribution in [-0.4, -0.2) is 5.90 Å². The highest BCUT2D eigenvalue weighted by Crippen LogP contribution is 2.31. The molecule has 0 bridgehead atoms. The number of pyridine rings is 1. The van der Waals surface area contributed by atoms with Gasteiger partial charge in [0.15, 0.2) is 12.4 Å². The molecule has 0 aliphatic carbocycles. The van der Waals surface area contributed by atoms with Crippen molar-refractivity contribution in [2.24, 2.45) is 4.99 Å². The molecule has 1 aliphatic heterocycles. The van der Waals surface area contributed by atoms with Gasteiger partial charge in [0, 0.05) is 23.3 Å². The molecule has 0 spiro atoms. The Bertz CT molecular complexity index is 816. The Kier molecular flexibility index (Phi) is 3.90. The number of H-pyrrole nitrogens is 1. The van der Waals surface area contributed by atoms with Crippen LogP contribution >= 0.6 is 0 Å². The van der Waals surface area contributed by atoms with Crippen LogP contribution in [0.25, 0.3) is 5.76 Å². The standard InChI is InChI=1S/C21H16N2O/c1-3-7-16(8-4-1)19-15-20(17-9-5-2-6-10-17)24-21(23-19)18-11-13-22-14-12-18/h1-15,19H/p+1. The van der Waals surface area contributed by atoms with Gasteiger partial charge in [-0.2, -0.15) is 0 Å². The molecule has 0 fully saturated rings. The molecule has 3 heteroatoms. The Morgan fingerprint density at radius 3 is 2.12 bits per heavy atom. The maximum Gasteiger partial charge on any atom is 0.223 e. The Morgan fingerprint density at radius 1 is 0.750 bits per heavy atom. The van der Waals surface area contributed by atoms with E-state index in [-0.39, 0.29) is 6.04 Å². The SMILES string of the molecule is C1=C(c2ccccc2)OC(c2cc[nH+]cc2)=NC1c1ccccc1. The lowest BCUT2D eigenvalue weighted by molar-refractivity contribution is -0.378. The number of ether oxygens (including phenoxy) is 1. The fourth-order valence-electron chi connectivity index (χ4n) is 2.71. The molecule has 2 heterocycles. The van der Waals surface area contributed by atoms with Crippen molar-refractivity contribution in [3.63, 3.8) is 0 Å². The van der Waals surface area contributed by atoms with Crippen LogP contribution in [0.15, 0.2) is 96.3 Å². The largest absolute Gasteiger partial charge is 0.438 e. The third-order valence-corrected chi connectivity index (χ3v) is 3.94. The number of benzene rings is 2. The van der Waals surface area contributed by atoms with Crippen molar-refractivity contribution in [3.8, 4) is 0 Å². The van der Waals surface area contributed by atoms with Crippen molar-refractivity contribution in [2.45, 2.75) is 6.04 Å². The molecule has 0 saturated heterocycles. The van der Waals surface area contributed by atoms with Gasteiger partial charge in [-0.15, -0.1) is 0 Å². The number of hydrogen-bond acceptors (Lipinski definition) is 2. The first-order valence-corrected chi connectivity index (χ1v) is 7.94. The highest BCUT2D eigenvalue weighted by Gasteiger charge is 2.21. The summed E-state index contributed by atoms with van der Waals surface area (Å²) in [4.78, 5) is 7.83. The molecule has 2 aromatic carbocycles. The molecular weight excluding hydrogens is 296 g/mol. The Labute approximate surface area is 141 Å². The zero-order chi connectivity index (χ0) is 16.2. The monoisotopic (exact) mass is 313 g/mol. The van der Waals surface area contributed by atoms with Crippen LogP contribution in [0.4, 0.5) is 0 Å². The fraction of sp³-hybridized carbons (Fsp3) is 0.0476. The van der Waals surface area contributed by atoms with E-state index in [0.717, 1.165) is 22.4 Å². The lowest BCUT2D eigenvalue weighted by Crippen LogP contribution is -2.15. The van der Waals surface area contributed by atoms with E-state index in [2.05, 4.69) is 35.3 Å². The number of rotatable bonds is 3. The van der Waals surface area contributed by atoms with Crippen LogP contribution in [0.1, 0.15) is 22.7 Å². The molecule has 24 heavy (non-hydrogen) atoms. The summed E-state index contributed by atoms with van der Waals surface area (Å²) in [6.07, 6.45) is 5.82. The number of hydrogen-bond donors (Lipinski definition) is 0. The summed E-state index contributed by atoms with van der Waals surface area (Å²) in [5.41, 5.74) is 3.15. The van der Waals surface area contributed by atoms with E-state index >= 15 is 0 Å². The summed E-state index contributed by atoms with van der Waals surface area (Å²) in [6.45, 7) is 0. The highest BCUT2D eigenvalue weighted by molar-refractivity contribution is 5.98. The van der Waals surface area contributed by atoms with E-state index in [1.54, 1.807) is 0 Å². The zero-order valence-corrected chi connectivity index (χ0v) is 13.1. The second-order valence-electron chi connectivity index (χ2n) is 5.58. The maximum absolute atomic E-state index is 6.11. The summed E-state index contributed by atoms with van der Waals surface area (Å²) in [7, 11) is 0. The third-order valence-electron chi connectivity index (χ3n) is 3.94. The van der Waals surface area contributed by atoms with Crippen LogP contribution in [0.3, 0.4) is 0 Å². The molecule has 4 rings (SSSR count). The fourth-order valence-corrected chi connectivity index (χ4v) is 2.71. The normalized spacial score (nSPS) is 16.8. The zero-order valence-electron chi connectivity index (χ0n) is 13.1. The molecule has 0 saturated carbocycles. The summed E-state index contributed by atoms with van der Waals surface area (Å²) in [5.74, 6) is 1.47. The summed E-state index contributed by atoms with van der Waals surface area (Å²) in [6, 6.07) is 24.3. The van der Waals surface area contributed by atoms with Gasteiger partial charge in [0.05, 0.1) is 0 Å². The first-order valence-electron chi connectivity index (χ1n) is 7.94. The molecule has 1 N–H and O–H groups in total. The molecule has 3 aromatic rings. The molecule has 0 radical (unpaired) electrons. The van der Waals surface area contributed by atoms with Crippen molar-refractivity contribution in [3.05, 3.63) is 108 Å². The minimum absolute atomic E-state index is 0.0608. The van der Waals surface area contributed by atoms with Crippen molar-refractivity contribution in [2.75, 3.05) is 0 Å². The van der Waals surface area contributed by atoms with Crippen LogP contribution in [-0.2, 0) is 4.74 Å². The Morgan fingerprint density at radius 2 is 1.42 bits per heavy atom. The van der Waals surface area contributed by atoms with Crippen LogP contribution in [0, 0.1) is 0 Å². The van der Waals surface area contributed by atoms with Gasteiger partial charge in [0.1, 0.15) is 11.8 Å². The molecule has 1 unspecified atom stereocenters. The minimum atomic E-state index is -0.0608. The minimum Gasteiger partial charge on any atom is -0.438 e. The molecular formula is C21H17N2O+. The molecule has 116 valence electrons.